The fraction of sp³-hybridized carbons (Fsp3) is 0.111. The van der Waals surface area contributed by atoms with Gasteiger partial charge in [0.25, 0.3) is 5.91 Å². The van der Waals surface area contributed by atoms with Crippen LogP contribution in [0.4, 0.5) is 10.1 Å². The number of carbonyl (C=O) groups is 1. The molecule has 5 nitrogen and oxygen atoms in total. The van der Waals surface area contributed by atoms with Crippen molar-refractivity contribution in [3.63, 3.8) is 0 Å². The number of ether oxygens (including phenoxy) is 2. The molecule has 25 heavy (non-hydrogen) atoms. The first-order valence-corrected chi connectivity index (χ1v) is 7.88. The number of nitriles is 1. The average molecular weight is 405 g/mol. The minimum absolute atomic E-state index is 0.0124. The van der Waals surface area contributed by atoms with Gasteiger partial charge in [-0.15, -0.1) is 0 Å². The zero-order chi connectivity index (χ0) is 18.4. The summed E-state index contributed by atoms with van der Waals surface area (Å²) in [5.74, 6) is -0.322. The average Bonchev–Trinajstić information content (AvgIpc) is 2.61. The van der Waals surface area contributed by atoms with Crippen molar-refractivity contribution in [1.82, 2.24) is 0 Å². The van der Waals surface area contributed by atoms with Crippen LogP contribution in [-0.4, -0.2) is 20.1 Å². The second-order valence-electron chi connectivity index (χ2n) is 4.86. The summed E-state index contributed by atoms with van der Waals surface area (Å²) in [5.41, 5.74) is 0.386. The number of carbonyl (C=O) groups excluding carboxylic acids is 1. The second kappa shape index (κ2) is 8.31. The highest BCUT2D eigenvalue weighted by Gasteiger charge is 2.13. The monoisotopic (exact) mass is 404 g/mol. The van der Waals surface area contributed by atoms with E-state index in [0.29, 0.717) is 21.5 Å². The first-order chi connectivity index (χ1) is 12.0. The molecule has 0 aliphatic carbocycles. The molecule has 0 aliphatic rings. The number of halogens is 2. The molecule has 2 aromatic rings. The van der Waals surface area contributed by atoms with Crippen LogP contribution in [0, 0.1) is 17.1 Å². The van der Waals surface area contributed by atoms with Gasteiger partial charge in [-0.3, -0.25) is 4.79 Å². The Labute approximate surface area is 152 Å². The summed E-state index contributed by atoms with van der Waals surface area (Å²) in [4.78, 5) is 12.2. The number of hydrogen-bond donors (Lipinski definition) is 1. The second-order valence-corrected chi connectivity index (χ2v) is 5.78. The maximum atomic E-state index is 13.8. The van der Waals surface area contributed by atoms with Crippen molar-refractivity contribution < 1.29 is 18.7 Å². The van der Waals surface area contributed by atoms with E-state index in [0.717, 1.165) is 0 Å². The van der Waals surface area contributed by atoms with Crippen LogP contribution >= 0.6 is 15.9 Å². The highest BCUT2D eigenvalue weighted by molar-refractivity contribution is 9.10. The van der Waals surface area contributed by atoms with Crippen LogP contribution in [0.25, 0.3) is 6.08 Å². The Hall–Kier alpha value is -2.85. The Morgan fingerprint density at radius 1 is 1.20 bits per heavy atom. The van der Waals surface area contributed by atoms with Crippen molar-refractivity contribution in [3.8, 4) is 17.6 Å². The molecule has 2 rings (SSSR count). The summed E-state index contributed by atoms with van der Waals surface area (Å²) in [6.45, 7) is 0. The highest BCUT2D eigenvalue weighted by Crippen LogP contribution is 2.28. The van der Waals surface area contributed by atoms with E-state index in [2.05, 4.69) is 21.2 Å². The van der Waals surface area contributed by atoms with Gasteiger partial charge in [0.1, 0.15) is 17.5 Å². The molecule has 0 saturated heterocycles. The molecule has 1 amide bonds. The molecule has 7 heteroatoms. The topological polar surface area (TPSA) is 71.3 Å². The lowest BCUT2D eigenvalue weighted by atomic mass is 10.1. The Morgan fingerprint density at radius 2 is 1.92 bits per heavy atom. The van der Waals surface area contributed by atoms with Crippen LogP contribution in [0.2, 0.25) is 0 Å². The van der Waals surface area contributed by atoms with E-state index in [1.807, 2.05) is 6.07 Å². The predicted octanol–water partition coefficient (Wildman–Crippen LogP) is 4.15. The predicted molar refractivity (Wildman–Crippen MR) is 95.9 cm³/mol. The van der Waals surface area contributed by atoms with Gasteiger partial charge >= 0.3 is 0 Å². The van der Waals surface area contributed by atoms with E-state index in [4.69, 9.17) is 9.47 Å². The Bertz CT molecular complexity index is 875. The summed E-state index contributed by atoms with van der Waals surface area (Å²) in [6.07, 6.45) is 1.38. The number of nitrogens with zero attached hydrogens (tertiary/aromatic N) is 1. The molecule has 128 valence electrons. The molecule has 0 unspecified atom stereocenters. The third-order valence-electron chi connectivity index (χ3n) is 3.26. The summed E-state index contributed by atoms with van der Waals surface area (Å²) >= 11 is 3.14. The Morgan fingerprint density at radius 3 is 2.52 bits per heavy atom. The van der Waals surface area contributed by atoms with Gasteiger partial charge in [-0.1, -0.05) is 22.0 Å². The van der Waals surface area contributed by atoms with Gasteiger partial charge in [0.15, 0.2) is 11.5 Å². The van der Waals surface area contributed by atoms with E-state index >= 15 is 0 Å². The van der Waals surface area contributed by atoms with Gasteiger partial charge < -0.3 is 14.8 Å². The van der Waals surface area contributed by atoms with Crippen molar-refractivity contribution in [1.29, 1.82) is 5.26 Å². The van der Waals surface area contributed by atoms with Gasteiger partial charge in [0.05, 0.1) is 19.9 Å². The molecule has 0 aromatic heterocycles. The van der Waals surface area contributed by atoms with Crippen LogP contribution in [-0.2, 0) is 4.79 Å². The normalized spacial score (nSPS) is 10.8. The molecule has 0 fully saturated rings. The maximum Gasteiger partial charge on any atom is 0.266 e. The molecule has 0 saturated carbocycles. The van der Waals surface area contributed by atoms with Gasteiger partial charge in [-0.25, -0.2) is 4.39 Å². The molecule has 0 radical (unpaired) electrons. The largest absolute Gasteiger partial charge is 0.493 e. The Balaban J connectivity index is 2.28. The summed E-state index contributed by atoms with van der Waals surface area (Å²) < 4.78 is 24.7. The molecule has 2 aromatic carbocycles. The number of methoxy groups -OCH3 is 2. The third-order valence-corrected chi connectivity index (χ3v) is 3.76. The maximum absolute atomic E-state index is 13.8. The standard InChI is InChI=1S/C18H14BrFN2O3/c1-24-16-6-3-11(8-17(16)25-2)7-12(10-21)18(23)22-15-5-4-13(19)9-14(15)20/h3-9H,1-2H3,(H,22,23)/b12-7-. The smallest absolute Gasteiger partial charge is 0.266 e. The van der Waals surface area contributed by atoms with E-state index in [1.54, 1.807) is 24.3 Å². The van der Waals surface area contributed by atoms with Crippen LogP contribution < -0.4 is 14.8 Å². The van der Waals surface area contributed by atoms with Crippen LogP contribution in [0.1, 0.15) is 5.56 Å². The van der Waals surface area contributed by atoms with Crippen molar-refractivity contribution in [2.45, 2.75) is 0 Å². The molecule has 0 bridgehead atoms. The zero-order valence-electron chi connectivity index (χ0n) is 13.5. The van der Waals surface area contributed by atoms with Crippen molar-refractivity contribution >= 4 is 33.6 Å². The van der Waals surface area contributed by atoms with E-state index < -0.39 is 11.7 Å². The van der Waals surface area contributed by atoms with Gasteiger partial charge in [0.2, 0.25) is 0 Å². The minimum Gasteiger partial charge on any atom is -0.493 e. The summed E-state index contributed by atoms with van der Waals surface area (Å²) in [6, 6.07) is 11.0. The van der Waals surface area contributed by atoms with Crippen LogP contribution in [0.15, 0.2) is 46.4 Å². The molecule has 0 heterocycles. The fourth-order valence-corrected chi connectivity index (χ4v) is 2.37. The lowest BCUT2D eigenvalue weighted by Crippen LogP contribution is -2.14. The Kier molecular flexibility index (Phi) is 6.14. The number of hydrogen-bond acceptors (Lipinski definition) is 4. The first-order valence-electron chi connectivity index (χ1n) is 7.08. The fourth-order valence-electron chi connectivity index (χ4n) is 2.04. The van der Waals surface area contributed by atoms with Gasteiger partial charge in [-0.05, 0) is 42.0 Å². The molecular weight excluding hydrogens is 391 g/mol. The van der Waals surface area contributed by atoms with Crippen LogP contribution in [0.5, 0.6) is 11.5 Å². The van der Waals surface area contributed by atoms with E-state index in [-0.39, 0.29) is 11.3 Å². The number of amides is 1. The van der Waals surface area contributed by atoms with E-state index in [9.17, 15) is 14.4 Å². The molecule has 0 spiro atoms. The SMILES string of the molecule is COc1ccc(/C=C(/C#N)C(=O)Nc2ccc(Br)cc2F)cc1OC. The number of nitrogens with one attached hydrogen (secondary N) is 1. The quantitative estimate of drug-likeness (QED) is 0.599. The van der Waals surface area contributed by atoms with Crippen LogP contribution in [0.3, 0.4) is 0 Å². The number of rotatable bonds is 5. The molecule has 0 aliphatic heterocycles. The molecule has 1 N–H and O–H groups in total. The summed E-state index contributed by atoms with van der Waals surface area (Å²) in [7, 11) is 2.99. The van der Waals surface area contributed by atoms with Crippen molar-refractivity contribution in [2.75, 3.05) is 19.5 Å². The zero-order valence-corrected chi connectivity index (χ0v) is 15.1. The molecule has 0 atom stereocenters. The lowest BCUT2D eigenvalue weighted by molar-refractivity contribution is -0.112. The summed E-state index contributed by atoms with van der Waals surface area (Å²) in [5, 5.41) is 11.6. The van der Waals surface area contributed by atoms with Gasteiger partial charge in [-0.2, -0.15) is 5.26 Å². The third kappa shape index (κ3) is 4.58. The lowest BCUT2D eigenvalue weighted by Gasteiger charge is -2.08. The number of benzene rings is 2. The minimum atomic E-state index is -0.710. The van der Waals surface area contributed by atoms with Crippen molar-refractivity contribution in [2.24, 2.45) is 0 Å². The molecular formula is C18H14BrFN2O3. The van der Waals surface area contributed by atoms with Gasteiger partial charge in [0, 0.05) is 4.47 Å². The van der Waals surface area contributed by atoms with E-state index in [1.165, 1.54) is 32.4 Å². The number of anilines is 1. The van der Waals surface area contributed by atoms with Crippen molar-refractivity contribution in [3.05, 3.63) is 57.8 Å². The highest BCUT2D eigenvalue weighted by atomic mass is 79.9. The first kappa shape index (κ1) is 18.5.